The molecule has 0 heterocycles. The Morgan fingerprint density at radius 3 is 2.25 bits per heavy atom. The highest BCUT2D eigenvalue weighted by Gasteiger charge is 2.09. The first kappa shape index (κ1) is 14.4. The SMILES string of the molecule is Oc1cc(O)cc(C(O)CNCCc2ccccc2)c1. The van der Waals surface area contributed by atoms with Crippen LogP contribution in [0.2, 0.25) is 0 Å². The zero-order valence-electron chi connectivity index (χ0n) is 11.2. The number of phenols is 2. The molecule has 4 nitrogen and oxygen atoms in total. The van der Waals surface area contributed by atoms with Crippen LogP contribution in [-0.4, -0.2) is 28.4 Å². The van der Waals surface area contributed by atoms with Crippen molar-refractivity contribution in [1.29, 1.82) is 0 Å². The van der Waals surface area contributed by atoms with Gasteiger partial charge in [0.25, 0.3) is 0 Å². The van der Waals surface area contributed by atoms with E-state index in [1.807, 2.05) is 18.2 Å². The average molecular weight is 273 g/mol. The lowest BCUT2D eigenvalue weighted by Crippen LogP contribution is -2.23. The summed E-state index contributed by atoms with van der Waals surface area (Å²) in [5.74, 6) is -0.105. The molecule has 20 heavy (non-hydrogen) atoms. The summed E-state index contributed by atoms with van der Waals surface area (Å²) in [7, 11) is 0. The number of hydrogen-bond acceptors (Lipinski definition) is 4. The van der Waals surface area contributed by atoms with Gasteiger partial charge in [0.2, 0.25) is 0 Å². The average Bonchev–Trinajstić information content (AvgIpc) is 2.43. The fourth-order valence-electron chi connectivity index (χ4n) is 2.04. The molecule has 0 radical (unpaired) electrons. The zero-order valence-corrected chi connectivity index (χ0v) is 11.2. The molecule has 0 aliphatic heterocycles. The summed E-state index contributed by atoms with van der Waals surface area (Å²) in [6.07, 6.45) is 0.127. The highest BCUT2D eigenvalue weighted by molar-refractivity contribution is 5.37. The second-order valence-corrected chi connectivity index (χ2v) is 4.74. The molecule has 2 aromatic rings. The van der Waals surface area contributed by atoms with Gasteiger partial charge in [-0.25, -0.2) is 0 Å². The smallest absolute Gasteiger partial charge is 0.119 e. The Morgan fingerprint density at radius 2 is 1.60 bits per heavy atom. The van der Waals surface area contributed by atoms with Crippen molar-refractivity contribution >= 4 is 0 Å². The van der Waals surface area contributed by atoms with E-state index in [4.69, 9.17) is 0 Å². The first-order valence-corrected chi connectivity index (χ1v) is 6.61. The molecule has 1 unspecified atom stereocenters. The third-order valence-electron chi connectivity index (χ3n) is 3.08. The summed E-state index contributed by atoms with van der Waals surface area (Å²) < 4.78 is 0. The van der Waals surface area contributed by atoms with Crippen LogP contribution in [0.1, 0.15) is 17.2 Å². The van der Waals surface area contributed by atoms with E-state index in [9.17, 15) is 15.3 Å². The molecular weight excluding hydrogens is 254 g/mol. The fraction of sp³-hybridized carbons (Fsp3) is 0.250. The molecular formula is C16H19NO3. The summed E-state index contributed by atoms with van der Waals surface area (Å²) in [6, 6.07) is 14.2. The zero-order chi connectivity index (χ0) is 14.4. The number of phenolic OH excluding ortho intramolecular Hbond substituents is 2. The Bertz CT molecular complexity index is 522. The maximum absolute atomic E-state index is 9.98. The number of nitrogens with one attached hydrogen (secondary N) is 1. The summed E-state index contributed by atoms with van der Waals surface area (Å²) >= 11 is 0. The molecule has 0 spiro atoms. The molecule has 0 fully saturated rings. The topological polar surface area (TPSA) is 72.7 Å². The molecule has 0 saturated heterocycles. The third kappa shape index (κ3) is 4.26. The second kappa shape index (κ2) is 6.93. The van der Waals surface area contributed by atoms with Gasteiger partial charge in [-0.2, -0.15) is 0 Å². The van der Waals surface area contributed by atoms with Gasteiger partial charge in [0.1, 0.15) is 11.5 Å². The number of benzene rings is 2. The van der Waals surface area contributed by atoms with Crippen LogP contribution in [-0.2, 0) is 6.42 Å². The quantitative estimate of drug-likeness (QED) is 0.607. The Kier molecular flexibility index (Phi) is 4.98. The molecule has 106 valence electrons. The van der Waals surface area contributed by atoms with Gasteiger partial charge in [0.15, 0.2) is 0 Å². The van der Waals surface area contributed by atoms with Crippen LogP contribution >= 0.6 is 0 Å². The molecule has 0 aliphatic rings. The number of aliphatic hydroxyl groups is 1. The fourth-order valence-corrected chi connectivity index (χ4v) is 2.04. The molecule has 0 aromatic heterocycles. The van der Waals surface area contributed by atoms with E-state index < -0.39 is 6.10 Å². The summed E-state index contributed by atoms with van der Waals surface area (Å²) in [6.45, 7) is 1.13. The summed E-state index contributed by atoms with van der Waals surface area (Å²) in [4.78, 5) is 0. The van der Waals surface area contributed by atoms with Crippen LogP contribution in [0.4, 0.5) is 0 Å². The van der Waals surface area contributed by atoms with Crippen molar-refractivity contribution < 1.29 is 15.3 Å². The standard InChI is InChI=1S/C16H19NO3/c18-14-8-13(9-15(19)10-14)16(20)11-17-7-6-12-4-2-1-3-5-12/h1-5,8-10,16-20H,6-7,11H2. The van der Waals surface area contributed by atoms with Crippen LogP contribution < -0.4 is 5.32 Å². The van der Waals surface area contributed by atoms with Gasteiger partial charge in [-0.15, -0.1) is 0 Å². The van der Waals surface area contributed by atoms with Crippen molar-refractivity contribution in [2.24, 2.45) is 0 Å². The number of rotatable bonds is 6. The van der Waals surface area contributed by atoms with E-state index in [1.54, 1.807) is 0 Å². The van der Waals surface area contributed by atoms with E-state index in [0.717, 1.165) is 13.0 Å². The Hall–Kier alpha value is -2.04. The predicted octanol–water partition coefficient (Wildman–Crippen LogP) is 1.96. The molecule has 0 amide bonds. The molecule has 4 N–H and O–H groups in total. The largest absolute Gasteiger partial charge is 0.508 e. The Labute approximate surface area is 118 Å². The summed E-state index contributed by atoms with van der Waals surface area (Å²) in [5.41, 5.74) is 1.74. The van der Waals surface area contributed by atoms with E-state index in [0.29, 0.717) is 12.1 Å². The first-order chi connectivity index (χ1) is 9.65. The Morgan fingerprint density at radius 1 is 0.950 bits per heavy atom. The first-order valence-electron chi connectivity index (χ1n) is 6.61. The molecule has 2 aromatic carbocycles. The predicted molar refractivity (Wildman–Crippen MR) is 77.7 cm³/mol. The molecule has 0 aliphatic carbocycles. The highest BCUT2D eigenvalue weighted by Crippen LogP contribution is 2.24. The minimum Gasteiger partial charge on any atom is -0.508 e. The van der Waals surface area contributed by atoms with Crippen molar-refractivity contribution in [1.82, 2.24) is 5.32 Å². The van der Waals surface area contributed by atoms with E-state index in [2.05, 4.69) is 17.4 Å². The second-order valence-electron chi connectivity index (χ2n) is 4.74. The van der Waals surface area contributed by atoms with Gasteiger partial charge in [0, 0.05) is 12.6 Å². The highest BCUT2D eigenvalue weighted by atomic mass is 16.3. The van der Waals surface area contributed by atoms with Crippen molar-refractivity contribution in [2.75, 3.05) is 13.1 Å². The van der Waals surface area contributed by atoms with E-state index in [1.165, 1.54) is 23.8 Å². The normalized spacial score (nSPS) is 12.2. The van der Waals surface area contributed by atoms with Crippen LogP contribution in [0, 0.1) is 0 Å². The van der Waals surface area contributed by atoms with Crippen molar-refractivity contribution in [2.45, 2.75) is 12.5 Å². The van der Waals surface area contributed by atoms with Gasteiger partial charge in [-0.05, 0) is 36.2 Å². The van der Waals surface area contributed by atoms with Crippen LogP contribution in [0.25, 0.3) is 0 Å². The molecule has 1 atom stereocenters. The third-order valence-corrected chi connectivity index (χ3v) is 3.08. The molecule has 2 rings (SSSR count). The van der Waals surface area contributed by atoms with Crippen molar-refractivity contribution in [3.63, 3.8) is 0 Å². The maximum Gasteiger partial charge on any atom is 0.119 e. The van der Waals surface area contributed by atoms with Crippen molar-refractivity contribution in [3.05, 3.63) is 59.7 Å². The minimum absolute atomic E-state index is 0.0525. The number of aliphatic hydroxyl groups excluding tert-OH is 1. The van der Waals surface area contributed by atoms with Gasteiger partial charge in [-0.3, -0.25) is 0 Å². The molecule has 0 bridgehead atoms. The lowest BCUT2D eigenvalue weighted by molar-refractivity contribution is 0.174. The van der Waals surface area contributed by atoms with E-state index in [-0.39, 0.29) is 11.5 Å². The molecule has 0 saturated carbocycles. The van der Waals surface area contributed by atoms with Gasteiger partial charge in [-0.1, -0.05) is 30.3 Å². The monoisotopic (exact) mass is 273 g/mol. The van der Waals surface area contributed by atoms with Crippen LogP contribution in [0.15, 0.2) is 48.5 Å². The van der Waals surface area contributed by atoms with Crippen molar-refractivity contribution in [3.8, 4) is 11.5 Å². The summed E-state index contributed by atoms with van der Waals surface area (Å²) in [5, 5.41) is 31.9. The number of aromatic hydroxyl groups is 2. The molecule has 4 heteroatoms. The van der Waals surface area contributed by atoms with Crippen LogP contribution in [0.3, 0.4) is 0 Å². The van der Waals surface area contributed by atoms with Gasteiger partial charge in [0.05, 0.1) is 6.10 Å². The minimum atomic E-state index is -0.760. The van der Waals surface area contributed by atoms with Gasteiger partial charge < -0.3 is 20.6 Å². The number of hydrogen-bond donors (Lipinski definition) is 4. The van der Waals surface area contributed by atoms with Crippen LogP contribution in [0.5, 0.6) is 11.5 Å². The van der Waals surface area contributed by atoms with E-state index >= 15 is 0 Å². The lowest BCUT2D eigenvalue weighted by atomic mass is 10.1. The Balaban J connectivity index is 1.79. The van der Waals surface area contributed by atoms with Gasteiger partial charge >= 0.3 is 0 Å². The lowest BCUT2D eigenvalue weighted by Gasteiger charge is -2.13. The maximum atomic E-state index is 9.98.